The molecule has 0 radical (unpaired) electrons. The minimum atomic E-state index is -4.55. The summed E-state index contributed by atoms with van der Waals surface area (Å²) in [6.07, 6.45) is -23.4. The molecule has 3 fully saturated rings. The van der Waals surface area contributed by atoms with Crippen LogP contribution in [-0.4, -0.2) is 215 Å². The first kappa shape index (κ1) is 48.9. The molecule has 738 valence electrons. The van der Waals surface area contributed by atoms with E-state index in [4.69, 9.17) is 89.6 Å². The molecule has 9 aromatic carbocycles. The molecule has 9 aromatic rings. The maximum Gasteiger partial charge on any atom is 0.318 e. The summed E-state index contributed by atoms with van der Waals surface area (Å²) in [6, 6.07) is -12.8. The van der Waals surface area contributed by atoms with Gasteiger partial charge in [0.05, 0.1) is 65.2 Å². The molecule has 0 aromatic heterocycles. The molecule has 12 N–H and O–H groups in total. The Balaban J connectivity index is 0.000000301. The van der Waals surface area contributed by atoms with Crippen LogP contribution in [0.5, 0.6) is 17.2 Å². The van der Waals surface area contributed by atoms with Crippen LogP contribution in [0.1, 0.15) is 234 Å². The van der Waals surface area contributed by atoms with E-state index in [1.165, 1.54) is 72.0 Å². The second kappa shape index (κ2) is 54.7. The molecule has 12 amide bonds. The first-order chi connectivity index (χ1) is 91.8. The highest BCUT2D eigenvalue weighted by Gasteiger charge is 2.40. The zero-order valence-corrected chi connectivity index (χ0v) is 74.2. The fraction of sp³-hybridized carbons (Fsp3) is 0.432. The summed E-state index contributed by atoms with van der Waals surface area (Å²) in [5.41, 5.74) is -4.55. The SMILES string of the molecule is [2H]c1c([2H])c(C([2H])([2H])[2H])c(OCC(=O)N[C@@H](Cc2ccccc2)[C@@H](O)C[C@H](Cc2ccccc2)NC(=O)[C@@]([2H])(N2C(=O)NC([2H])([2H])C([2H])([2H])C2([2H])[2H])C([2H])(C([2H])([2H])[2H])C([2H])([2H])[2H])c(C([2H])([2H])[2H])c1[2H].[2H]c1c([2H])c([2H])c(C([2H])([2H])[C@]([2H])(NC(=O)COc2c(C([2H])([2H])[2H])c([2H])c([2H])c([2H])c2C([2H])([2H])[2H])[C@@H](O)C[C@H](Cc2ccccc2)NC(=O)[C@@]([2H])(N2CCCNC2=O)C([2H])(C([2H])([2H])[2H])C([2H])([2H])[2H])c([2H])c1[2H].[2H]c1c([2H])c([2H])c(C([2H])([2H])[C@]([2H])(NC(=O)COc2c(C)cccc2C)[C@@H](O)C[C@H](Cc2ccccc2)NC(=O)[C@@]([2H])(N2CCCNC2=O)C([2H])(C([2H])([2H])[2H])C([2H])([2H])[2H])c([2H])c1[2H]. The first-order valence-electron chi connectivity index (χ1n) is 74.5. The average molecular weight is 1950 g/mol. The molecule has 3 aliphatic rings. The van der Waals surface area contributed by atoms with Crippen LogP contribution in [0.25, 0.3) is 0 Å². The van der Waals surface area contributed by atoms with Crippen molar-refractivity contribution < 1.29 is 160 Å². The topological polar surface area (TPSA) is 360 Å². The zero-order chi connectivity index (χ0) is 154. The molecule has 3 aliphatic heterocycles. The number of ether oxygens (including phenoxy) is 3. The number of carbonyl (C=O) groups is 9. The average Bonchev–Trinajstić information content (AvgIpc) is 0.672. The summed E-state index contributed by atoms with van der Waals surface area (Å²) >= 11 is 0. The quantitative estimate of drug-likeness (QED) is 0.0169. The van der Waals surface area contributed by atoms with E-state index in [1.807, 2.05) is 0 Å². The number of nitrogens with one attached hydrogen (secondary N) is 9. The Morgan fingerprint density at radius 3 is 1.09 bits per heavy atom. The summed E-state index contributed by atoms with van der Waals surface area (Å²) in [5.74, 6) is -24.9. The van der Waals surface area contributed by atoms with Gasteiger partial charge in [-0.05, 0) is 203 Å². The third-order valence-corrected chi connectivity index (χ3v) is 20.4. The van der Waals surface area contributed by atoms with E-state index in [-0.39, 0.29) is 55.0 Å². The lowest BCUT2D eigenvalue weighted by atomic mass is 9.92. The number of benzene rings is 9. The molecule has 0 unspecified atom stereocenters. The number of amides is 12. The van der Waals surface area contributed by atoms with Gasteiger partial charge in [-0.2, -0.15) is 0 Å². The molecule has 27 heteroatoms. The van der Waals surface area contributed by atoms with E-state index < -0.39 is 456 Å². The third kappa shape index (κ3) is 33.7. The lowest BCUT2D eigenvalue weighted by molar-refractivity contribution is -0.129. The van der Waals surface area contributed by atoms with Gasteiger partial charge in [0.2, 0.25) is 17.7 Å². The smallest absolute Gasteiger partial charge is 0.318 e. The van der Waals surface area contributed by atoms with E-state index in [1.54, 1.807) is 92.0 Å². The standard InChI is InChI=1S/3C37H48N4O5/c3*1-25(2)34(41-20-12-19-38-37(41)45)36(44)39-30(21-28-15-7-5-8-16-28)23-32(42)31(22-29-17-9-6-10-18-29)40-33(43)24-46-35-26(3)13-11-14-27(35)4/h3*5-11,13-18,25,30-32,34,42H,12,19-24H2,1-4H3,(H,38,45)(H,39,44)(H,40,43)/t3*30-,31-,32-,34-/m000/s1/i1D3,2D3,3D3,4D3,6D,9D,10D,11D,13D,14D,17D,18D,22D2,25D,31D,34D;1D3,2D3,3D3,4D3,11D,12D2,13D,14D,19D2,20D2,25D,34D;1D3,2D3,6D,9D,10D,17D,18D,22D2,25D,31D,34D. The third-order valence-electron chi connectivity index (χ3n) is 20.4. The van der Waals surface area contributed by atoms with Gasteiger partial charge in [-0.3, -0.25) is 28.8 Å². The van der Waals surface area contributed by atoms with Crippen LogP contribution in [0.2, 0.25) is 0 Å². The van der Waals surface area contributed by atoms with Gasteiger partial charge in [-0.25, -0.2) is 14.4 Å². The predicted molar refractivity (Wildman–Crippen MR) is 539 cm³/mol. The van der Waals surface area contributed by atoms with Crippen molar-refractivity contribution in [1.82, 2.24) is 62.6 Å². The molecule has 3 saturated heterocycles. The second-order valence-corrected chi connectivity index (χ2v) is 30.7. The monoisotopic (exact) mass is 1950 g/mol. The summed E-state index contributed by atoms with van der Waals surface area (Å²) in [6.45, 7) is -47.5. The van der Waals surface area contributed by atoms with Gasteiger partial charge in [-0.1, -0.05) is 277 Å². The molecule has 0 bridgehead atoms. The Hall–Kier alpha value is -13.1. The lowest BCUT2D eigenvalue weighted by Gasteiger charge is -2.37. The van der Waals surface area contributed by atoms with Gasteiger partial charge in [0.25, 0.3) is 17.7 Å². The van der Waals surface area contributed by atoms with Crippen LogP contribution < -0.4 is 62.1 Å². The van der Waals surface area contributed by atoms with Gasteiger partial charge in [0.1, 0.15) is 35.3 Å². The highest BCUT2D eigenvalue weighted by Crippen LogP contribution is 2.29. The Kier molecular flexibility index (Phi) is 19.4. The minimum Gasteiger partial charge on any atom is -0.483 e. The molecule has 0 aliphatic carbocycles. The van der Waals surface area contributed by atoms with Crippen molar-refractivity contribution in [3.05, 3.63) is 303 Å². The number of nitrogens with zero attached hydrogens (tertiary/aromatic N) is 3. The Labute approximate surface area is 904 Å². The predicted octanol–water partition coefficient (Wildman–Crippen LogP) is 13.0. The van der Waals surface area contributed by atoms with Crippen molar-refractivity contribution in [3.63, 3.8) is 0 Å². The first-order valence-corrected chi connectivity index (χ1v) is 42.5. The molecule has 12 rings (SSSR count). The Bertz CT molecular complexity index is 8370. The summed E-state index contributed by atoms with van der Waals surface area (Å²) < 4.78 is 551. The van der Waals surface area contributed by atoms with Gasteiger partial charge >= 0.3 is 18.1 Å². The van der Waals surface area contributed by atoms with Crippen LogP contribution in [0, 0.1) is 58.9 Å². The van der Waals surface area contributed by atoms with E-state index in [9.17, 15) is 70.8 Å². The van der Waals surface area contributed by atoms with Crippen LogP contribution in [-0.2, 0) is 67.2 Å². The largest absolute Gasteiger partial charge is 0.483 e. The maximum atomic E-state index is 14.8. The summed E-state index contributed by atoms with van der Waals surface area (Å²) in [5, 5.41) is 55.2. The molecular formula is C111H144N12O15. The van der Waals surface area contributed by atoms with E-state index >= 15 is 0 Å². The zero-order valence-electron chi connectivity index (χ0n) is 138. The number of hydrogen-bond acceptors (Lipinski definition) is 15. The van der Waals surface area contributed by atoms with Gasteiger partial charge in [0, 0.05) is 116 Å². The van der Waals surface area contributed by atoms with Crippen LogP contribution >= 0.6 is 0 Å². The van der Waals surface area contributed by atoms with Crippen molar-refractivity contribution in [2.45, 2.75) is 232 Å². The normalized spacial score (nSPS) is 26.1. The second-order valence-electron chi connectivity index (χ2n) is 30.7. The molecule has 27 nitrogen and oxygen atoms in total. The maximum absolute atomic E-state index is 14.8. The minimum absolute atomic E-state index is 0.00436. The number of para-hydroxylation sites is 3. The van der Waals surface area contributed by atoms with Gasteiger partial charge in [-0.15, -0.1) is 0 Å². The number of carbonyl (C=O) groups excluding carboxylic acids is 9. The van der Waals surface area contributed by atoms with Crippen LogP contribution in [0.3, 0.4) is 0 Å². The fourth-order valence-electron chi connectivity index (χ4n) is 14.0. The number of urea groups is 3. The van der Waals surface area contributed by atoms with Gasteiger partial charge in [0.15, 0.2) is 19.8 Å². The number of aliphatic hydroxyl groups is 3. The Morgan fingerprint density at radius 2 is 0.732 bits per heavy atom. The van der Waals surface area contributed by atoms with Crippen molar-refractivity contribution in [3.8, 4) is 17.2 Å². The molecular weight excluding hydrogens is 1740 g/mol. The van der Waals surface area contributed by atoms with Crippen molar-refractivity contribution in [2.24, 2.45) is 17.7 Å². The van der Waals surface area contributed by atoms with E-state index in [2.05, 4.69) is 37.2 Å². The van der Waals surface area contributed by atoms with Crippen molar-refractivity contribution in [1.29, 1.82) is 0 Å². The highest BCUT2D eigenvalue weighted by atomic mass is 16.5. The van der Waals surface area contributed by atoms with Gasteiger partial charge < -0.3 is 92.1 Å². The number of rotatable bonds is 45. The van der Waals surface area contributed by atoms with Crippen LogP contribution in [0.15, 0.2) is 236 Å². The number of aryl methyl sites for hydroxylation is 2. The van der Waals surface area contributed by atoms with Crippen molar-refractivity contribution >= 4 is 53.5 Å². The lowest BCUT2D eigenvalue weighted by Crippen LogP contribution is -2.59. The van der Waals surface area contributed by atoms with Crippen LogP contribution in [0.4, 0.5) is 14.4 Å². The van der Waals surface area contributed by atoms with E-state index in [0.717, 1.165) is 0 Å². The molecule has 0 saturated carbocycles. The number of aliphatic hydroxyl groups excluding tert-OH is 3. The summed E-state index contributed by atoms with van der Waals surface area (Å²) in [7, 11) is 0. The Morgan fingerprint density at radius 1 is 0.399 bits per heavy atom. The highest BCUT2D eigenvalue weighted by molar-refractivity contribution is 5.90. The fourth-order valence-corrected chi connectivity index (χ4v) is 14.0. The van der Waals surface area contributed by atoms with E-state index in [0.29, 0.717) is 32.7 Å². The van der Waals surface area contributed by atoms with Crippen molar-refractivity contribution in [2.75, 3.05) is 59.0 Å². The summed E-state index contributed by atoms with van der Waals surface area (Å²) in [4.78, 5) is 125. The molecule has 12 atom stereocenters. The number of hydrogen-bond donors (Lipinski definition) is 12. The molecule has 138 heavy (non-hydrogen) atoms. The molecule has 0 spiro atoms. The molecule has 3 heterocycles.